The average Bonchev–Trinajstić information content (AvgIpc) is 2.23. The molecule has 0 aliphatic carbocycles. The Balaban J connectivity index is 4.95. The molecule has 0 aromatic rings. The summed E-state index contributed by atoms with van der Waals surface area (Å²) in [4.78, 5) is 0. The third kappa shape index (κ3) is 3.63. The first-order valence-electron chi connectivity index (χ1n) is 4.92. The van der Waals surface area contributed by atoms with Gasteiger partial charge in [0.05, 0.1) is 6.26 Å². The van der Waals surface area contributed by atoms with Crippen molar-refractivity contribution in [3.05, 3.63) is 24.5 Å². The van der Waals surface area contributed by atoms with E-state index in [2.05, 4.69) is 6.58 Å². The van der Waals surface area contributed by atoms with Gasteiger partial charge in [-0.1, -0.05) is 32.9 Å². The molecular formula is C11H18F2O2. The van der Waals surface area contributed by atoms with E-state index < -0.39 is 18.4 Å². The second kappa shape index (κ2) is 6.56. The lowest BCUT2D eigenvalue weighted by Crippen LogP contribution is -2.33. The third-order valence-corrected chi connectivity index (χ3v) is 2.65. The van der Waals surface area contributed by atoms with Crippen LogP contribution in [0.5, 0.6) is 0 Å². The molecule has 3 atom stereocenters. The number of hydrogen-bond acceptors (Lipinski definition) is 2. The summed E-state index contributed by atoms with van der Waals surface area (Å²) in [7, 11) is 0. The van der Waals surface area contributed by atoms with Gasteiger partial charge >= 0.3 is 0 Å². The maximum absolute atomic E-state index is 12.4. The Kier molecular flexibility index (Phi) is 6.17. The summed E-state index contributed by atoms with van der Waals surface area (Å²) in [5.41, 5.74) is 0.247. The highest BCUT2D eigenvalue weighted by Gasteiger charge is 2.32. The van der Waals surface area contributed by atoms with E-state index in [1.807, 2.05) is 6.92 Å². The van der Waals surface area contributed by atoms with Crippen LogP contribution in [0.2, 0.25) is 0 Å². The molecular weight excluding hydrogens is 202 g/mol. The quantitative estimate of drug-likeness (QED) is 0.533. The summed E-state index contributed by atoms with van der Waals surface area (Å²) in [6, 6.07) is 0. The monoisotopic (exact) mass is 220 g/mol. The highest BCUT2D eigenvalue weighted by molar-refractivity contribution is 5.19. The molecule has 0 aliphatic rings. The summed E-state index contributed by atoms with van der Waals surface area (Å²) < 4.78 is 24.8. The van der Waals surface area contributed by atoms with Crippen molar-refractivity contribution in [3.63, 3.8) is 0 Å². The van der Waals surface area contributed by atoms with Crippen LogP contribution in [-0.4, -0.2) is 22.7 Å². The molecule has 0 amide bonds. The molecule has 0 heterocycles. The van der Waals surface area contributed by atoms with Crippen LogP contribution in [0, 0.1) is 11.8 Å². The van der Waals surface area contributed by atoms with Crippen LogP contribution < -0.4 is 0 Å². The Morgan fingerprint density at radius 2 is 2.00 bits per heavy atom. The first-order chi connectivity index (χ1) is 6.99. The SMILES string of the molecule is C=C/C(=C/O)C(C(C)CC)C(O)C(F)F. The number of hydrogen-bond donors (Lipinski definition) is 2. The van der Waals surface area contributed by atoms with Gasteiger partial charge in [-0.15, -0.1) is 0 Å². The van der Waals surface area contributed by atoms with Gasteiger partial charge in [0.15, 0.2) is 0 Å². The van der Waals surface area contributed by atoms with E-state index in [9.17, 15) is 13.9 Å². The van der Waals surface area contributed by atoms with Crippen LogP contribution >= 0.6 is 0 Å². The van der Waals surface area contributed by atoms with Crippen LogP contribution in [-0.2, 0) is 0 Å². The van der Waals surface area contributed by atoms with Gasteiger partial charge in [0.25, 0.3) is 6.43 Å². The average molecular weight is 220 g/mol. The van der Waals surface area contributed by atoms with Crippen molar-refractivity contribution in [2.75, 3.05) is 0 Å². The molecule has 0 aromatic heterocycles. The zero-order valence-electron chi connectivity index (χ0n) is 9.03. The van der Waals surface area contributed by atoms with E-state index >= 15 is 0 Å². The molecule has 2 N–H and O–H groups in total. The standard InChI is InChI=1S/C11H18F2O2/c1-4-7(3)9(8(5-2)6-14)10(15)11(12)13/h5-7,9-11,14-15H,2,4H2,1,3H3/b8-6-. The lowest BCUT2D eigenvalue weighted by atomic mass is 9.81. The maximum Gasteiger partial charge on any atom is 0.264 e. The minimum atomic E-state index is -2.82. The number of halogens is 2. The van der Waals surface area contributed by atoms with Crippen LogP contribution in [0.1, 0.15) is 20.3 Å². The van der Waals surface area contributed by atoms with Crippen molar-refractivity contribution < 1.29 is 19.0 Å². The second-order valence-corrected chi connectivity index (χ2v) is 3.57. The number of aliphatic hydroxyl groups excluding tert-OH is 2. The lowest BCUT2D eigenvalue weighted by Gasteiger charge is -2.28. The van der Waals surface area contributed by atoms with Crippen LogP contribution in [0.15, 0.2) is 24.5 Å². The normalized spacial score (nSPS) is 18.7. The Hall–Kier alpha value is -0.900. The number of rotatable bonds is 6. The summed E-state index contributed by atoms with van der Waals surface area (Å²) >= 11 is 0. The zero-order valence-corrected chi connectivity index (χ0v) is 9.03. The van der Waals surface area contributed by atoms with E-state index in [1.165, 1.54) is 6.08 Å². The van der Waals surface area contributed by atoms with Crippen molar-refractivity contribution in [2.24, 2.45) is 11.8 Å². The van der Waals surface area contributed by atoms with E-state index in [4.69, 9.17) is 5.11 Å². The summed E-state index contributed by atoms with van der Waals surface area (Å²) in [5.74, 6) is -0.928. The summed E-state index contributed by atoms with van der Waals surface area (Å²) in [6.45, 7) is 7.02. The molecule has 15 heavy (non-hydrogen) atoms. The molecule has 88 valence electrons. The fraction of sp³-hybridized carbons (Fsp3) is 0.636. The van der Waals surface area contributed by atoms with E-state index in [1.54, 1.807) is 6.92 Å². The Bertz CT molecular complexity index is 227. The zero-order chi connectivity index (χ0) is 12.0. The molecule has 0 saturated heterocycles. The first kappa shape index (κ1) is 14.1. The van der Waals surface area contributed by atoms with Gasteiger partial charge in [-0.05, 0) is 11.5 Å². The Morgan fingerprint density at radius 1 is 1.47 bits per heavy atom. The topological polar surface area (TPSA) is 40.5 Å². The van der Waals surface area contributed by atoms with Crippen LogP contribution in [0.3, 0.4) is 0 Å². The molecule has 0 aliphatic heterocycles. The number of alkyl halides is 2. The molecule has 0 radical (unpaired) electrons. The minimum absolute atomic E-state index is 0.148. The van der Waals surface area contributed by atoms with Crippen LogP contribution in [0.4, 0.5) is 8.78 Å². The van der Waals surface area contributed by atoms with Crippen molar-refractivity contribution in [3.8, 4) is 0 Å². The molecule has 0 spiro atoms. The fourth-order valence-electron chi connectivity index (χ4n) is 1.55. The van der Waals surface area contributed by atoms with E-state index in [-0.39, 0.29) is 11.5 Å². The van der Waals surface area contributed by atoms with E-state index in [0.717, 1.165) is 6.26 Å². The Labute approximate surface area is 88.9 Å². The van der Waals surface area contributed by atoms with Crippen LogP contribution in [0.25, 0.3) is 0 Å². The first-order valence-corrected chi connectivity index (χ1v) is 4.92. The van der Waals surface area contributed by atoms with Gasteiger partial charge in [-0.3, -0.25) is 0 Å². The van der Waals surface area contributed by atoms with Crippen molar-refractivity contribution >= 4 is 0 Å². The smallest absolute Gasteiger partial charge is 0.264 e. The number of aliphatic hydroxyl groups is 2. The van der Waals surface area contributed by atoms with Gasteiger partial charge in [0.1, 0.15) is 6.10 Å². The second-order valence-electron chi connectivity index (χ2n) is 3.57. The lowest BCUT2D eigenvalue weighted by molar-refractivity contribution is -0.0417. The van der Waals surface area contributed by atoms with Crippen molar-refractivity contribution in [1.82, 2.24) is 0 Å². The minimum Gasteiger partial charge on any atom is -0.515 e. The van der Waals surface area contributed by atoms with Gasteiger partial charge in [-0.2, -0.15) is 0 Å². The Morgan fingerprint density at radius 3 is 2.27 bits per heavy atom. The molecule has 0 saturated carbocycles. The number of allylic oxidation sites excluding steroid dienone is 1. The van der Waals surface area contributed by atoms with Gasteiger partial charge in [-0.25, -0.2) is 8.78 Å². The van der Waals surface area contributed by atoms with Crippen molar-refractivity contribution in [2.45, 2.75) is 32.8 Å². The van der Waals surface area contributed by atoms with Gasteiger partial charge < -0.3 is 10.2 Å². The predicted octanol–water partition coefficient (Wildman–Crippen LogP) is 2.90. The van der Waals surface area contributed by atoms with Gasteiger partial charge in [0.2, 0.25) is 0 Å². The molecule has 0 bridgehead atoms. The van der Waals surface area contributed by atoms with Gasteiger partial charge in [0, 0.05) is 5.92 Å². The van der Waals surface area contributed by atoms with Crippen molar-refractivity contribution in [1.29, 1.82) is 0 Å². The largest absolute Gasteiger partial charge is 0.515 e. The highest BCUT2D eigenvalue weighted by atomic mass is 19.3. The molecule has 0 rings (SSSR count). The molecule has 3 unspecified atom stereocenters. The summed E-state index contributed by atoms with van der Waals surface area (Å²) in [6.07, 6.45) is -1.92. The highest BCUT2D eigenvalue weighted by Crippen LogP contribution is 2.30. The maximum atomic E-state index is 12.4. The summed E-state index contributed by atoms with van der Waals surface area (Å²) in [5, 5.41) is 18.3. The molecule has 4 heteroatoms. The molecule has 2 nitrogen and oxygen atoms in total. The third-order valence-electron chi connectivity index (χ3n) is 2.65. The molecule has 0 fully saturated rings. The van der Waals surface area contributed by atoms with E-state index in [0.29, 0.717) is 6.42 Å². The predicted molar refractivity (Wildman–Crippen MR) is 55.9 cm³/mol. The molecule has 0 aromatic carbocycles. The fourth-order valence-corrected chi connectivity index (χ4v) is 1.55.